The molecule has 108 valence electrons. The van der Waals surface area contributed by atoms with E-state index in [0.717, 1.165) is 0 Å². The second-order valence-corrected chi connectivity index (χ2v) is 4.27. The molecule has 0 unspecified atom stereocenters. The maximum absolute atomic E-state index is 14.0. The number of aromatic nitrogens is 1. The van der Waals surface area contributed by atoms with Crippen molar-refractivity contribution in [2.75, 3.05) is 6.54 Å². The first-order valence-electron chi connectivity index (χ1n) is 6.31. The highest BCUT2D eigenvalue weighted by molar-refractivity contribution is 5.95. The van der Waals surface area contributed by atoms with Gasteiger partial charge in [0.25, 0.3) is 5.91 Å². The summed E-state index contributed by atoms with van der Waals surface area (Å²) in [6.07, 6.45) is 0. The molecule has 1 aromatic heterocycles. The van der Waals surface area contributed by atoms with Crippen molar-refractivity contribution in [1.82, 2.24) is 10.3 Å². The van der Waals surface area contributed by atoms with Gasteiger partial charge in [0.15, 0.2) is 0 Å². The van der Waals surface area contributed by atoms with Gasteiger partial charge in [-0.15, -0.1) is 0 Å². The maximum atomic E-state index is 14.0. The first kappa shape index (κ1) is 14.6. The second-order valence-electron chi connectivity index (χ2n) is 4.27. The summed E-state index contributed by atoms with van der Waals surface area (Å²) in [5.41, 5.74) is 0.551. The van der Waals surface area contributed by atoms with Crippen molar-refractivity contribution in [3.05, 3.63) is 53.5 Å². The number of nitrogens with zero attached hydrogens (tertiary/aromatic N) is 1. The van der Waals surface area contributed by atoms with E-state index in [9.17, 15) is 14.0 Å². The lowest BCUT2D eigenvalue weighted by atomic mass is 10.1. The SMILES string of the molecule is CCNC(=O)c1ccc(-c2cccc(C(=O)O)n2)cc1F. The Morgan fingerprint density at radius 1 is 1.29 bits per heavy atom. The van der Waals surface area contributed by atoms with Gasteiger partial charge in [-0.2, -0.15) is 0 Å². The third-order valence-electron chi connectivity index (χ3n) is 2.82. The third-order valence-corrected chi connectivity index (χ3v) is 2.82. The van der Waals surface area contributed by atoms with E-state index in [-0.39, 0.29) is 11.3 Å². The number of halogens is 1. The monoisotopic (exact) mass is 288 g/mol. The van der Waals surface area contributed by atoms with Crippen molar-refractivity contribution in [1.29, 1.82) is 0 Å². The molecule has 0 saturated carbocycles. The van der Waals surface area contributed by atoms with Crippen LogP contribution < -0.4 is 5.32 Å². The van der Waals surface area contributed by atoms with E-state index in [2.05, 4.69) is 10.3 Å². The molecule has 0 aliphatic carbocycles. The van der Waals surface area contributed by atoms with Crippen LogP contribution in [0.2, 0.25) is 0 Å². The fourth-order valence-electron chi connectivity index (χ4n) is 1.83. The van der Waals surface area contributed by atoms with Crippen LogP contribution >= 0.6 is 0 Å². The molecule has 1 heterocycles. The molecule has 0 saturated heterocycles. The molecule has 0 spiro atoms. The third kappa shape index (κ3) is 3.22. The number of pyridine rings is 1. The molecule has 0 fully saturated rings. The molecular formula is C15H13FN2O3. The van der Waals surface area contributed by atoms with E-state index in [1.165, 1.54) is 30.3 Å². The van der Waals surface area contributed by atoms with Crippen molar-refractivity contribution in [3.8, 4) is 11.3 Å². The number of amides is 1. The molecule has 2 N–H and O–H groups in total. The summed E-state index contributed by atoms with van der Waals surface area (Å²) >= 11 is 0. The molecule has 0 aliphatic heterocycles. The van der Waals surface area contributed by atoms with E-state index in [0.29, 0.717) is 17.8 Å². The van der Waals surface area contributed by atoms with Gasteiger partial charge >= 0.3 is 5.97 Å². The standard InChI is InChI=1S/C15H13FN2O3/c1-2-17-14(19)10-7-6-9(8-11(10)16)12-4-3-5-13(18-12)15(20)21/h3-8H,2H2,1H3,(H,17,19)(H,20,21). The van der Waals surface area contributed by atoms with Crippen molar-refractivity contribution in [2.45, 2.75) is 6.92 Å². The van der Waals surface area contributed by atoms with Crippen LogP contribution in [0.4, 0.5) is 4.39 Å². The molecular weight excluding hydrogens is 275 g/mol. The van der Waals surface area contributed by atoms with E-state index >= 15 is 0 Å². The molecule has 0 radical (unpaired) electrons. The van der Waals surface area contributed by atoms with Crippen LogP contribution in [0.25, 0.3) is 11.3 Å². The Kier molecular flexibility index (Phi) is 4.27. The first-order valence-corrected chi connectivity index (χ1v) is 6.31. The van der Waals surface area contributed by atoms with Crippen molar-refractivity contribution in [2.24, 2.45) is 0 Å². The van der Waals surface area contributed by atoms with Crippen LogP contribution in [0.5, 0.6) is 0 Å². The van der Waals surface area contributed by atoms with Crippen LogP contribution in [0.1, 0.15) is 27.8 Å². The molecule has 2 aromatic rings. The van der Waals surface area contributed by atoms with Crippen molar-refractivity contribution in [3.63, 3.8) is 0 Å². The van der Waals surface area contributed by atoms with Gasteiger partial charge in [-0.25, -0.2) is 14.2 Å². The Labute approximate surface area is 120 Å². The zero-order chi connectivity index (χ0) is 15.4. The predicted octanol–water partition coefficient (Wildman–Crippen LogP) is 2.34. The highest BCUT2D eigenvalue weighted by atomic mass is 19.1. The topological polar surface area (TPSA) is 79.3 Å². The van der Waals surface area contributed by atoms with Crippen molar-refractivity contribution >= 4 is 11.9 Å². The van der Waals surface area contributed by atoms with E-state index < -0.39 is 17.7 Å². The largest absolute Gasteiger partial charge is 0.477 e. The van der Waals surface area contributed by atoms with Gasteiger partial charge in [-0.05, 0) is 31.2 Å². The average molecular weight is 288 g/mol. The number of carboxylic acid groups (broad SMARTS) is 1. The average Bonchev–Trinajstić information content (AvgIpc) is 2.47. The van der Waals surface area contributed by atoms with E-state index in [1.54, 1.807) is 13.0 Å². The summed E-state index contributed by atoms with van der Waals surface area (Å²) in [6, 6.07) is 8.50. The van der Waals surface area contributed by atoms with E-state index in [4.69, 9.17) is 5.11 Å². The van der Waals surface area contributed by atoms with Crippen LogP contribution in [-0.2, 0) is 0 Å². The Morgan fingerprint density at radius 3 is 2.67 bits per heavy atom. The number of hydrogen-bond acceptors (Lipinski definition) is 3. The number of aromatic carboxylic acids is 1. The fraction of sp³-hybridized carbons (Fsp3) is 0.133. The summed E-state index contributed by atoms with van der Waals surface area (Å²) in [7, 11) is 0. The lowest BCUT2D eigenvalue weighted by Gasteiger charge is -2.06. The van der Waals surface area contributed by atoms with Crippen LogP contribution in [0, 0.1) is 5.82 Å². The normalized spacial score (nSPS) is 10.2. The number of rotatable bonds is 4. The lowest BCUT2D eigenvalue weighted by Crippen LogP contribution is -2.23. The summed E-state index contributed by atoms with van der Waals surface area (Å²) < 4.78 is 14.0. The number of nitrogens with one attached hydrogen (secondary N) is 1. The molecule has 0 atom stereocenters. The zero-order valence-corrected chi connectivity index (χ0v) is 11.3. The van der Waals surface area contributed by atoms with Gasteiger partial charge in [0.05, 0.1) is 11.3 Å². The van der Waals surface area contributed by atoms with Gasteiger partial charge in [0.2, 0.25) is 0 Å². The molecule has 0 bridgehead atoms. The summed E-state index contributed by atoms with van der Waals surface area (Å²) in [5.74, 6) is -2.33. The summed E-state index contributed by atoms with van der Waals surface area (Å²) in [5, 5.41) is 11.4. The quantitative estimate of drug-likeness (QED) is 0.905. The van der Waals surface area contributed by atoms with Gasteiger partial charge in [0, 0.05) is 12.1 Å². The lowest BCUT2D eigenvalue weighted by molar-refractivity contribution is 0.0690. The molecule has 1 aromatic carbocycles. The Bertz CT molecular complexity index is 701. The predicted molar refractivity (Wildman–Crippen MR) is 74.6 cm³/mol. The number of benzene rings is 1. The number of carboxylic acids is 1. The Morgan fingerprint density at radius 2 is 2.05 bits per heavy atom. The van der Waals surface area contributed by atoms with Crippen LogP contribution in [0.3, 0.4) is 0 Å². The second kappa shape index (κ2) is 6.13. The minimum atomic E-state index is -1.16. The molecule has 21 heavy (non-hydrogen) atoms. The van der Waals surface area contributed by atoms with Crippen LogP contribution in [-0.4, -0.2) is 28.5 Å². The first-order chi connectivity index (χ1) is 10.0. The number of carbonyl (C=O) groups excluding carboxylic acids is 1. The number of hydrogen-bond donors (Lipinski definition) is 2. The summed E-state index contributed by atoms with van der Waals surface area (Å²) in [6.45, 7) is 2.15. The summed E-state index contributed by atoms with van der Waals surface area (Å²) in [4.78, 5) is 26.4. The van der Waals surface area contributed by atoms with Gasteiger partial charge in [0.1, 0.15) is 11.5 Å². The van der Waals surface area contributed by atoms with Gasteiger partial charge in [-0.1, -0.05) is 12.1 Å². The molecule has 0 aliphatic rings. The fourth-order valence-corrected chi connectivity index (χ4v) is 1.83. The molecule has 1 amide bonds. The van der Waals surface area contributed by atoms with Crippen LogP contribution in [0.15, 0.2) is 36.4 Å². The minimum Gasteiger partial charge on any atom is -0.477 e. The van der Waals surface area contributed by atoms with E-state index in [1.807, 2.05) is 0 Å². The Balaban J connectivity index is 2.38. The highest BCUT2D eigenvalue weighted by Gasteiger charge is 2.13. The molecule has 5 nitrogen and oxygen atoms in total. The number of carbonyl (C=O) groups is 2. The minimum absolute atomic E-state index is 0.0602. The highest BCUT2D eigenvalue weighted by Crippen LogP contribution is 2.20. The van der Waals surface area contributed by atoms with Crippen molar-refractivity contribution < 1.29 is 19.1 Å². The maximum Gasteiger partial charge on any atom is 0.354 e. The van der Waals surface area contributed by atoms with Gasteiger partial charge < -0.3 is 10.4 Å². The molecule has 2 rings (SSSR count). The smallest absolute Gasteiger partial charge is 0.354 e. The zero-order valence-electron chi connectivity index (χ0n) is 11.3. The molecule has 6 heteroatoms. The Hall–Kier alpha value is -2.76. The van der Waals surface area contributed by atoms with Gasteiger partial charge in [-0.3, -0.25) is 4.79 Å².